The van der Waals surface area contributed by atoms with Gasteiger partial charge < -0.3 is 4.74 Å². The summed E-state index contributed by atoms with van der Waals surface area (Å²) in [7, 11) is 0. The zero-order valence-corrected chi connectivity index (χ0v) is 17.2. The van der Waals surface area contributed by atoms with Crippen molar-refractivity contribution in [3.8, 4) is 28.8 Å². The lowest BCUT2D eigenvalue weighted by Crippen LogP contribution is -1.97. The first-order chi connectivity index (χ1) is 15.1. The van der Waals surface area contributed by atoms with Crippen LogP contribution >= 0.6 is 0 Å². The van der Waals surface area contributed by atoms with Crippen molar-refractivity contribution in [2.75, 3.05) is 6.61 Å². The normalized spacial score (nSPS) is 10.5. The van der Waals surface area contributed by atoms with Gasteiger partial charge in [-0.25, -0.2) is 8.78 Å². The zero-order chi connectivity index (χ0) is 21.6. The Morgan fingerprint density at radius 3 is 2.48 bits per heavy atom. The van der Waals surface area contributed by atoms with Crippen LogP contribution in [0.1, 0.15) is 30.9 Å². The average molecular weight is 413 g/mol. The topological polar surface area (TPSA) is 22.1 Å². The lowest BCUT2D eigenvalue weighted by Gasteiger charge is -2.06. The number of benzene rings is 3. The van der Waals surface area contributed by atoms with E-state index in [1.54, 1.807) is 30.5 Å². The minimum absolute atomic E-state index is 0.276. The number of hydrogen-bond donors (Lipinski definition) is 0. The predicted octanol–water partition coefficient (Wildman–Crippen LogP) is 6.76. The first-order valence-electron chi connectivity index (χ1n) is 10.2. The Morgan fingerprint density at radius 1 is 0.871 bits per heavy atom. The molecule has 0 amide bonds. The van der Waals surface area contributed by atoms with Gasteiger partial charge in [-0.05, 0) is 65.7 Å². The number of nitrogens with zero attached hydrogens (tertiary/aromatic N) is 1. The fourth-order valence-electron chi connectivity index (χ4n) is 3.18. The van der Waals surface area contributed by atoms with Crippen molar-refractivity contribution in [2.24, 2.45) is 0 Å². The Morgan fingerprint density at radius 2 is 1.71 bits per heavy atom. The van der Waals surface area contributed by atoms with Gasteiger partial charge in [-0.1, -0.05) is 43.4 Å². The molecule has 0 aliphatic carbocycles. The average Bonchev–Trinajstić information content (AvgIpc) is 2.79. The van der Waals surface area contributed by atoms with Crippen LogP contribution in [0.2, 0.25) is 0 Å². The molecule has 0 spiro atoms. The smallest absolute Gasteiger partial charge is 0.139 e. The number of rotatable bonds is 5. The molecule has 0 aliphatic rings. The first-order valence-corrected chi connectivity index (χ1v) is 10.2. The second-order valence-electron chi connectivity index (χ2n) is 7.23. The van der Waals surface area contributed by atoms with Crippen LogP contribution < -0.4 is 4.74 Å². The maximum atomic E-state index is 14.6. The van der Waals surface area contributed by atoms with Gasteiger partial charge in [0, 0.05) is 11.1 Å². The van der Waals surface area contributed by atoms with Gasteiger partial charge in [-0.3, -0.25) is 4.98 Å². The van der Waals surface area contributed by atoms with Crippen molar-refractivity contribution < 1.29 is 13.5 Å². The van der Waals surface area contributed by atoms with Gasteiger partial charge in [-0.15, -0.1) is 0 Å². The standard InChI is InChI=1S/C27H21F2NO/c1-2-3-14-31-25-12-13-27(30-18-25)23-9-8-20(26(29)17-23)6-4-19-5-7-22-16-24(28)11-10-21(22)15-19/h5,7-13,15-18H,2-3,14H2,1H3. The maximum absolute atomic E-state index is 14.6. The highest BCUT2D eigenvalue weighted by atomic mass is 19.1. The summed E-state index contributed by atoms with van der Waals surface area (Å²) >= 11 is 0. The van der Waals surface area contributed by atoms with Crippen LogP contribution in [-0.2, 0) is 0 Å². The highest BCUT2D eigenvalue weighted by molar-refractivity contribution is 5.84. The molecule has 3 aromatic carbocycles. The first kappa shape index (κ1) is 20.6. The van der Waals surface area contributed by atoms with E-state index in [0.29, 0.717) is 29.2 Å². The van der Waals surface area contributed by atoms with Crippen LogP contribution in [0.15, 0.2) is 72.9 Å². The number of aromatic nitrogens is 1. The van der Waals surface area contributed by atoms with Crippen molar-refractivity contribution >= 4 is 10.8 Å². The Hall–Kier alpha value is -3.71. The van der Waals surface area contributed by atoms with Crippen LogP contribution in [0.4, 0.5) is 8.78 Å². The fourth-order valence-corrected chi connectivity index (χ4v) is 3.18. The van der Waals surface area contributed by atoms with Crippen molar-refractivity contribution in [3.63, 3.8) is 0 Å². The third-order valence-corrected chi connectivity index (χ3v) is 4.91. The fraction of sp³-hybridized carbons (Fsp3) is 0.148. The van der Waals surface area contributed by atoms with E-state index in [1.165, 1.54) is 18.2 Å². The van der Waals surface area contributed by atoms with Gasteiger partial charge in [0.1, 0.15) is 17.4 Å². The summed E-state index contributed by atoms with van der Waals surface area (Å²) < 4.78 is 33.5. The van der Waals surface area contributed by atoms with E-state index in [0.717, 1.165) is 29.2 Å². The monoisotopic (exact) mass is 413 g/mol. The zero-order valence-electron chi connectivity index (χ0n) is 17.2. The van der Waals surface area contributed by atoms with Gasteiger partial charge in [0.2, 0.25) is 0 Å². The summed E-state index contributed by atoms with van der Waals surface area (Å²) in [6.45, 7) is 2.77. The minimum Gasteiger partial charge on any atom is -0.492 e. The largest absolute Gasteiger partial charge is 0.492 e. The number of unbranched alkanes of at least 4 members (excludes halogenated alkanes) is 1. The minimum atomic E-state index is -0.405. The van der Waals surface area contributed by atoms with E-state index in [-0.39, 0.29) is 5.82 Å². The van der Waals surface area contributed by atoms with E-state index >= 15 is 0 Å². The third-order valence-electron chi connectivity index (χ3n) is 4.91. The second-order valence-corrected chi connectivity index (χ2v) is 7.23. The van der Waals surface area contributed by atoms with Crippen LogP contribution in [0, 0.1) is 23.5 Å². The molecule has 4 aromatic rings. The highest BCUT2D eigenvalue weighted by Crippen LogP contribution is 2.22. The quantitative estimate of drug-likeness (QED) is 0.266. The molecule has 0 N–H and O–H groups in total. The van der Waals surface area contributed by atoms with E-state index < -0.39 is 5.82 Å². The van der Waals surface area contributed by atoms with Crippen molar-refractivity contribution in [1.29, 1.82) is 0 Å². The highest BCUT2D eigenvalue weighted by Gasteiger charge is 2.06. The third kappa shape index (κ3) is 5.07. The molecule has 0 fully saturated rings. The van der Waals surface area contributed by atoms with Gasteiger partial charge in [-0.2, -0.15) is 0 Å². The maximum Gasteiger partial charge on any atom is 0.139 e. The van der Waals surface area contributed by atoms with E-state index in [4.69, 9.17) is 4.74 Å². The molecule has 0 atom stereocenters. The molecule has 2 nitrogen and oxygen atoms in total. The number of fused-ring (bicyclic) bond motifs is 1. The van der Waals surface area contributed by atoms with E-state index in [9.17, 15) is 8.78 Å². The molecule has 0 aliphatic heterocycles. The van der Waals surface area contributed by atoms with Crippen LogP contribution in [0.25, 0.3) is 22.0 Å². The lowest BCUT2D eigenvalue weighted by molar-refractivity contribution is 0.308. The number of hydrogen-bond acceptors (Lipinski definition) is 2. The summed E-state index contributed by atoms with van der Waals surface area (Å²) in [5, 5.41) is 1.69. The molecule has 4 heteroatoms. The molecular weight excluding hydrogens is 392 g/mol. The molecular formula is C27H21F2NO. The van der Waals surface area contributed by atoms with Gasteiger partial charge >= 0.3 is 0 Å². The molecule has 0 saturated carbocycles. The van der Waals surface area contributed by atoms with E-state index in [2.05, 4.69) is 23.7 Å². The Kier molecular flexibility index (Phi) is 6.24. The van der Waals surface area contributed by atoms with Crippen molar-refractivity contribution in [2.45, 2.75) is 19.8 Å². The summed E-state index contributed by atoms with van der Waals surface area (Å²) in [5.41, 5.74) is 2.39. The molecule has 154 valence electrons. The summed E-state index contributed by atoms with van der Waals surface area (Å²) in [6.07, 6.45) is 3.72. The van der Waals surface area contributed by atoms with Crippen molar-refractivity contribution in [1.82, 2.24) is 4.98 Å². The molecule has 1 heterocycles. The predicted molar refractivity (Wildman–Crippen MR) is 120 cm³/mol. The molecule has 0 saturated heterocycles. The number of pyridine rings is 1. The molecule has 0 bridgehead atoms. The second kappa shape index (κ2) is 9.40. The molecule has 0 unspecified atom stereocenters. The van der Waals surface area contributed by atoms with E-state index in [1.807, 2.05) is 24.3 Å². The summed E-state index contributed by atoms with van der Waals surface area (Å²) in [4.78, 5) is 4.37. The van der Waals surface area contributed by atoms with Crippen LogP contribution in [-0.4, -0.2) is 11.6 Å². The lowest BCUT2D eigenvalue weighted by atomic mass is 10.1. The van der Waals surface area contributed by atoms with Crippen LogP contribution in [0.5, 0.6) is 5.75 Å². The van der Waals surface area contributed by atoms with Crippen LogP contribution in [0.3, 0.4) is 0 Å². The van der Waals surface area contributed by atoms with Crippen molar-refractivity contribution in [3.05, 3.63) is 95.7 Å². The SMILES string of the molecule is CCCCOc1ccc(-c2ccc(C#Cc3ccc4cc(F)ccc4c3)c(F)c2)nc1. The number of halogens is 2. The molecule has 1 aromatic heterocycles. The van der Waals surface area contributed by atoms with Gasteiger partial charge in [0.25, 0.3) is 0 Å². The van der Waals surface area contributed by atoms with Gasteiger partial charge in [0.15, 0.2) is 0 Å². The Balaban J connectivity index is 1.51. The Labute approximate surface area is 180 Å². The van der Waals surface area contributed by atoms with Gasteiger partial charge in [0.05, 0.1) is 24.1 Å². The number of ether oxygens (including phenoxy) is 1. The molecule has 31 heavy (non-hydrogen) atoms. The molecule has 4 rings (SSSR count). The Bertz CT molecular complexity index is 1270. The molecule has 0 radical (unpaired) electrons. The summed E-state index contributed by atoms with van der Waals surface area (Å²) in [6, 6.07) is 18.6. The summed E-state index contributed by atoms with van der Waals surface area (Å²) in [5.74, 6) is 5.89.